The summed E-state index contributed by atoms with van der Waals surface area (Å²) < 4.78 is 0. The maximum Gasteiger partial charge on any atom is 0.232 e. The van der Waals surface area contributed by atoms with E-state index in [0.29, 0.717) is 17.0 Å². The maximum absolute atomic E-state index is 5.77. The summed E-state index contributed by atoms with van der Waals surface area (Å²) in [6.45, 7) is 7.41. The molecule has 1 aromatic carbocycles. The van der Waals surface area contributed by atoms with Crippen molar-refractivity contribution in [3.8, 4) is 0 Å². The number of nitrogens with one attached hydrogen (secondary N) is 2. The van der Waals surface area contributed by atoms with Crippen molar-refractivity contribution in [3.05, 3.63) is 42.0 Å². The molecule has 7 heteroatoms. The van der Waals surface area contributed by atoms with Crippen LogP contribution < -0.4 is 20.4 Å². The highest BCUT2D eigenvalue weighted by Gasteiger charge is 2.34. The maximum atomic E-state index is 5.77. The van der Waals surface area contributed by atoms with Gasteiger partial charge in [-0.3, -0.25) is 0 Å². The lowest BCUT2D eigenvalue weighted by atomic mass is 9.69. The molecular formula is C28H40N6S. The Balaban J connectivity index is 1.31. The Labute approximate surface area is 215 Å². The van der Waals surface area contributed by atoms with Crippen molar-refractivity contribution in [1.82, 2.24) is 15.3 Å². The fourth-order valence-electron chi connectivity index (χ4n) is 6.13. The van der Waals surface area contributed by atoms with E-state index in [9.17, 15) is 0 Å². The van der Waals surface area contributed by atoms with Crippen LogP contribution in [0.15, 0.2) is 36.4 Å². The smallest absolute Gasteiger partial charge is 0.232 e. The van der Waals surface area contributed by atoms with Gasteiger partial charge >= 0.3 is 0 Å². The molecule has 2 aliphatic heterocycles. The third kappa shape index (κ3) is 5.88. The van der Waals surface area contributed by atoms with Crippen LogP contribution >= 0.6 is 12.2 Å². The molecule has 1 aliphatic carbocycles. The molecule has 3 heterocycles. The monoisotopic (exact) mass is 492 g/mol. The molecule has 0 bridgehead atoms. The zero-order valence-electron chi connectivity index (χ0n) is 21.1. The van der Waals surface area contributed by atoms with Gasteiger partial charge in [0.2, 0.25) is 5.95 Å². The second-order valence-electron chi connectivity index (χ2n) is 10.8. The zero-order chi connectivity index (χ0) is 24.1. The van der Waals surface area contributed by atoms with Gasteiger partial charge in [-0.05, 0) is 62.2 Å². The minimum atomic E-state index is 0.138. The number of rotatable bonds is 6. The first kappa shape index (κ1) is 24.3. The number of nitrogens with zero attached hydrogens (tertiary/aromatic N) is 4. The second kappa shape index (κ2) is 11.1. The summed E-state index contributed by atoms with van der Waals surface area (Å²) in [5.41, 5.74) is 1.56. The van der Waals surface area contributed by atoms with Crippen LogP contribution in [0.3, 0.4) is 0 Å². The van der Waals surface area contributed by atoms with Crippen LogP contribution in [0.5, 0.6) is 0 Å². The predicted molar refractivity (Wildman–Crippen MR) is 150 cm³/mol. The minimum absolute atomic E-state index is 0.138. The summed E-state index contributed by atoms with van der Waals surface area (Å²) in [7, 11) is 0. The van der Waals surface area contributed by atoms with Gasteiger partial charge < -0.3 is 20.4 Å². The quantitative estimate of drug-likeness (QED) is 0.516. The molecule has 1 unspecified atom stereocenters. The van der Waals surface area contributed by atoms with E-state index < -0.39 is 0 Å². The Morgan fingerprint density at radius 1 is 0.943 bits per heavy atom. The van der Waals surface area contributed by atoms with Crippen LogP contribution in [-0.2, 0) is 5.41 Å². The lowest BCUT2D eigenvalue weighted by Gasteiger charge is -2.38. The third-order valence-electron chi connectivity index (χ3n) is 8.12. The molecule has 3 aliphatic rings. The van der Waals surface area contributed by atoms with Crippen molar-refractivity contribution in [2.45, 2.75) is 70.1 Å². The molecular weight excluding hydrogens is 452 g/mol. The van der Waals surface area contributed by atoms with Crippen LogP contribution in [0.25, 0.3) is 0 Å². The number of aromatic nitrogens is 2. The van der Waals surface area contributed by atoms with E-state index in [1.807, 2.05) is 0 Å². The van der Waals surface area contributed by atoms with E-state index in [1.165, 1.54) is 63.4 Å². The van der Waals surface area contributed by atoms with Crippen LogP contribution in [0, 0.1) is 5.92 Å². The van der Waals surface area contributed by atoms with Gasteiger partial charge in [0.1, 0.15) is 11.6 Å². The summed E-state index contributed by atoms with van der Waals surface area (Å²) in [5.74, 6) is 3.34. The Hall–Kier alpha value is -2.41. The Morgan fingerprint density at radius 3 is 2.34 bits per heavy atom. The second-order valence-corrected chi connectivity index (χ2v) is 11.2. The minimum Gasteiger partial charge on any atom is -0.361 e. The molecule has 2 N–H and O–H groups in total. The van der Waals surface area contributed by atoms with Crippen LogP contribution in [0.1, 0.15) is 70.3 Å². The number of thiocarbonyl (C=S) groups is 1. The van der Waals surface area contributed by atoms with Crippen molar-refractivity contribution >= 4 is 34.9 Å². The summed E-state index contributed by atoms with van der Waals surface area (Å²) in [4.78, 5) is 14.6. The molecule has 3 fully saturated rings. The third-order valence-corrected chi connectivity index (χ3v) is 8.37. The van der Waals surface area contributed by atoms with Gasteiger partial charge in [0, 0.05) is 44.2 Å². The summed E-state index contributed by atoms with van der Waals surface area (Å²) >= 11 is 5.77. The molecule has 6 nitrogen and oxygen atoms in total. The molecule has 5 rings (SSSR count). The van der Waals surface area contributed by atoms with Gasteiger partial charge in [0.25, 0.3) is 0 Å². The van der Waals surface area contributed by atoms with E-state index in [-0.39, 0.29) is 5.41 Å². The highest BCUT2D eigenvalue weighted by Crippen LogP contribution is 2.39. The first-order valence-corrected chi connectivity index (χ1v) is 14.0. The largest absolute Gasteiger partial charge is 0.361 e. The molecule has 0 radical (unpaired) electrons. The van der Waals surface area contributed by atoms with Crippen LogP contribution in [0.4, 0.5) is 17.6 Å². The zero-order valence-corrected chi connectivity index (χ0v) is 22.0. The van der Waals surface area contributed by atoms with E-state index in [4.69, 9.17) is 22.2 Å². The topological polar surface area (TPSA) is 56.3 Å². The standard InChI is InChI=1S/C28H40N6S/c1-22-11-10-18-34(20-22)25-19-24(33-16-8-9-17-33)30-26(31-25)32-27(35)29-21-28(14-6-3-7-15-28)23-12-4-2-5-13-23/h2,4-5,12-13,19,22H,3,6-11,14-18,20-21H2,1H3,(H2,29,30,31,32,35). The van der Waals surface area contributed by atoms with Crippen molar-refractivity contribution < 1.29 is 0 Å². The van der Waals surface area contributed by atoms with Crippen LogP contribution in [-0.4, -0.2) is 47.8 Å². The van der Waals surface area contributed by atoms with Gasteiger partial charge in [-0.2, -0.15) is 9.97 Å². The summed E-state index contributed by atoms with van der Waals surface area (Å²) in [6, 6.07) is 13.1. The van der Waals surface area contributed by atoms with E-state index in [0.717, 1.165) is 44.4 Å². The number of anilines is 3. The lowest BCUT2D eigenvalue weighted by molar-refractivity contribution is 0.292. The van der Waals surface area contributed by atoms with Gasteiger partial charge in [0.05, 0.1) is 0 Å². The normalized spacial score (nSPS) is 22.1. The Morgan fingerprint density at radius 2 is 1.63 bits per heavy atom. The molecule has 2 aromatic rings. The summed E-state index contributed by atoms with van der Waals surface area (Å²) in [5, 5.41) is 7.51. The molecule has 2 saturated heterocycles. The lowest BCUT2D eigenvalue weighted by Crippen LogP contribution is -2.43. The molecule has 1 atom stereocenters. The van der Waals surface area contributed by atoms with E-state index >= 15 is 0 Å². The van der Waals surface area contributed by atoms with Gasteiger partial charge in [-0.15, -0.1) is 0 Å². The van der Waals surface area contributed by atoms with E-state index in [2.05, 4.69) is 63.8 Å². The average molecular weight is 493 g/mol. The fourth-order valence-corrected chi connectivity index (χ4v) is 6.29. The number of hydrogen-bond donors (Lipinski definition) is 2. The average Bonchev–Trinajstić information content (AvgIpc) is 3.44. The first-order chi connectivity index (χ1) is 17.1. The molecule has 35 heavy (non-hydrogen) atoms. The van der Waals surface area contributed by atoms with Crippen molar-refractivity contribution in [1.29, 1.82) is 0 Å². The first-order valence-electron chi connectivity index (χ1n) is 13.6. The molecule has 0 amide bonds. The molecule has 1 saturated carbocycles. The summed E-state index contributed by atoms with van der Waals surface area (Å²) in [6.07, 6.45) is 11.2. The van der Waals surface area contributed by atoms with Gasteiger partial charge in [0.15, 0.2) is 5.11 Å². The SMILES string of the molecule is CC1CCCN(c2cc(N3CCCC3)nc(NC(=S)NCC3(c4ccccc4)CCCCC3)n2)C1. The Bertz CT molecular complexity index is 984. The number of benzene rings is 1. The van der Waals surface area contributed by atoms with Crippen molar-refractivity contribution in [3.63, 3.8) is 0 Å². The van der Waals surface area contributed by atoms with Crippen LogP contribution in [0.2, 0.25) is 0 Å². The Kier molecular flexibility index (Phi) is 7.71. The predicted octanol–water partition coefficient (Wildman–Crippen LogP) is 5.50. The van der Waals surface area contributed by atoms with Gasteiger partial charge in [-0.25, -0.2) is 0 Å². The van der Waals surface area contributed by atoms with Crippen molar-refractivity contribution in [2.75, 3.05) is 47.8 Å². The molecule has 188 valence electrons. The molecule has 0 spiro atoms. The highest BCUT2D eigenvalue weighted by atomic mass is 32.1. The number of hydrogen-bond acceptors (Lipinski definition) is 5. The fraction of sp³-hybridized carbons (Fsp3) is 0.607. The van der Waals surface area contributed by atoms with Gasteiger partial charge in [-0.1, -0.05) is 56.5 Å². The number of piperidine rings is 1. The van der Waals surface area contributed by atoms with Crippen molar-refractivity contribution in [2.24, 2.45) is 5.92 Å². The molecule has 1 aromatic heterocycles. The highest BCUT2D eigenvalue weighted by molar-refractivity contribution is 7.80. The van der Waals surface area contributed by atoms with E-state index in [1.54, 1.807) is 0 Å².